The number of carboxylic acids is 1. The first-order chi connectivity index (χ1) is 7.66. The molecule has 2 atom stereocenters. The molecule has 0 spiro atoms. The number of hydrogen-bond donors (Lipinski definition) is 2. The van der Waals surface area contributed by atoms with E-state index in [1.165, 1.54) is 32.1 Å². The SMILES string of the molecule is NC1CC(C(=O)O)CN(C2CCCCC2)C1. The van der Waals surface area contributed by atoms with Crippen LogP contribution in [0.2, 0.25) is 0 Å². The first kappa shape index (κ1) is 11.9. The lowest BCUT2D eigenvalue weighted by atomic mass is 9.89. The number of likely N-dealkylation sites (tertiary alicyclic amines) is 1. The summed E-state index contributed by atoms with van der Waals surface area (Å²) in [6.45, 7) is 1.59. The second-order valence-electron chi connectivity index (χ2n) is 5.28. The fourth-order valence-electron chi connectivity index (χ4n) is 3.10. The highest BCUT2D eigenvalue weighted by molar-refractivity contribution is 5.70. The minimum atomic E-state index is -0.684. The summed E-state index contributed by atoms with van der Waals surface area (Å²) < 4.78 is 0. The second kappa shape index (κ2) is 5.15. The van der Waals surface area contributed by atoms with Crippen molar-refractivity contribution in [3.63, 3.8) is 0 Å². The van der Waals surface area contributed by atoms with Gasteiger partial charge in [0.05, 0.1) is 5.92 Å². The van der Waals surface area contributed by atoms with E-state index < -0.39 is 5.97 Å². The van der Waals surface area contributed by atoms with E-state index in [-0.39, 0.29) is 12.0 Å². The van der Waals surface area contributed by atoms with Crippen molar-refractivity contribution in [2.45, 2.75) is 50.6 Å². The molecular formula is C12H22N2O2. The summed E-state index contributed by atoms with van der Waals surface area (Å²) in [6.07, 6.45) is 6.98. The molecule has 0 aromatic heterocycles. The van der Waals surface area contributed by atoms with Gasteiger partial charge < -0.3 is 10.8 Å². The van der Waals surface area contributed by atoms with Crippen LogP contribution in [0.25, 0.3) is 0 Å². The van der Waals surface area contributed by atoms with Crippen molar-refractivity contribution in [3.8, 4) is 0 Å². The molecule has 4 nitrogen and oxygen atoms in total. The Hall–Kier alpha value is -0.610. The summed E-state index contributed by atoms with van der Waals surface area (Å²) in [5.41, 5.74) is 5.95. The Morgan fingerprint density at radius 1 is 1.19 bits per heavy atom. The summed E-state index contributed by atoms with van der Waals surface area (Å²) >= 11 is 0. The van der Waals surface area contributed by atoms with Crippen LogP contribution in [0.5, 0.6) is 0 Å². The highest BCUT2D eigenvalue weighted by atomic mass is 16.4. The molecule has 0 radical (unpaired) electrons. The Labute approximate surface area is 96.8 Å². The van der Waals surface area contributed by atoms with Crippen LogP contribution in [-0.2, 0) is 4.79 Å². The maximum atomic E-state index is 11.0. The monoisotopic (exact) mass is 226 g/mol. The minimum Gasteiger partial charge on any atom is -0.481 e. The molecule has 92 valence electrons. The van der Waals surface area contributed by atoms with E-state index in [9.17, 15) is 4.79 Å². The summed E-state index contributed by atoms with van der Waals surface area (Å²) in [6, 6.07) is 0.624. The van der Waals surface area contributed by atoms with E-state index in [0.717, 1.165) is 6.54 Å². The topological polar surface area (TPSA) is 66.6 Å². The first-order valence-corrected chi connectivity index (χ1v) is 6.39. The van der Waals surface area contributed by atoms with Crippen LogP contribution >= 0.6 is 0 Å². The summed E-state index contributed by atoms with van der Waals surface area (Å²) in [5.74, 6) is -0.943. The molecule has 1 saturated carbocycles. The van der Waals surface area contributed by atoms with Gasteiger partial charge in [0.25, 0.3) is 0 Å². The van der Waals surface area contributed by atoms with Gasteiger partial charge in [-0.15, -0.1) is 0 Å². The van der Waals surface area contributed by atoms with Gasteiger partial charge in [0, 0.05) is 25.2 Å². The molecule has 1 saturated heterocycles. The largest absolute Gasteiger partial charge is 0.481 e. The molecule has 2 fully saturated rings. The second-order valence-corrected chi connectivity index (χ2v) is 5.28. The van der Waals surface area contributed by atoms with Gasteiger partial charge in [0.2, 0.25) is 0 Å². The number of nitrogens with two attached hydrogens (primary N) is 1. The molecule has 16 heavy (non-hydrogen) atoms. The van der Waals surface area contributed by atoms with Crippen molar-refractivity contribution >= 4 is 5.97 Å². The molecule has 4 heteroatoms. The van der Waals surface area contributed by atoms with Crippen LogP contribution in [0.1, 0.15) is 38.5 Å². The van der Waals surface area contributed by atoms with Crippen molar-refractivity contribution in [1.82, 2.24) is 4.90 Å². The number of hydrogen-bond acceptors (Lipinski definition) is 3. The molecule has 1 aliphatic heterocycles. The third-order valence-corrected chi connectivity index (χ3v) is 3.95. The van der Waals surface area contributed by atoms with Crippen LogP contribution in [0, 0.1) is 5.92 Å². The number of carbonyl (C=O) groups is 1. The van der Waals surface area contributed by atoms with Crippen LogP contribution in [-0.4, -0.2) is 41.1 Å². The lowest BCUT2D eigenvalue weighted by Gasteiger charge is -2.41. The van der Waals surface area contributed by atoms with Gasteiger partial charge in [0.1, 0.15) is 0 Å². The van der Waals surface area contributed by atoms with Gasteiger partial charge in [-0.05, 0) is 19.3 Å². The predicted molar refractivity (Wildman–Crippen MR) is 62.2 cm³/mol. The van der Waals surface area contributed by atoms with E-state index in [0.29, 0.717) is 19.0 Å². The Balaban J connectivity index is 1.95. The average molecular weight is 226 g/mol. The van der Waals surface area contributed by atoms with Crippen LogP contribution < -0.4 is 5.73 Å². The van der Waals surface area contributed by atoms with E-state index >= 15 is 0 Å². The van der Waals surface area contributed by atoms with Crippen LogP contribution in [0.3, 0.4) is 0 Å². The van der Waals surface area contributed by atoms with Crippen molar-refractivity contribution in [2.75, 3.05) is 13.1 Å². The molecule has 0 bridgehead atoms. The van der Waals surface area contributed by atoms with E-state index in [4.69, 9.17) is 10.8 Å². The summed E-state index contributed by atoms with van der Waals surface area (Å²) in [5, 5.41) is 9.09. The van der Waals surface area contributed by atoms with Gasteiger partial charge in [-0.2, -0.15) is 0 Å². The van der Waals surface area contributed by atoms with Crippen LogP contribution in [0.4, 0.5) is 0 Å². The number of aliphatic carboxylic acids is 1. The van der Waals surface area contributed by atoms with Crippen molar-refractivity contribution in [3.05, 3.63) is 0 Å². The Bertz CT molecular complexity index is 251. The Morgan fingerprint density at radius 3 is 2.50 bits per heavy atom. The zero-order valence-electron chi connectivity index (χ0n) is 9.77. The van der Waals surface area contributed by atoms with Gasteiger partial charge in [-0.25, -0.2) is 0 Å². The number of carboxylic acid groups (broad SMARTS) is 1. The van der Waals surface area contributed by atoms with E-state index in [1.807, 2.05) is 0 Å². The molecular weight excluding hydrogens is 204 g/mol. The summed E-state index contributed by atoms with van der Waals surface area (Å²) in [4.78, 5) is 13.4. The zero-order chi connectivity index (χ0) is 11.5. The first-order valence-electron chi connectivity index (χ1n) is 6.39. The standard InChI is InChI=1S/C12H22N2O2/c13-10-6-9(12(15)16)7-14(8-10)11-4-2-1-3-5-11/h9-11H,1-8,13H2,(H,15,16). The van der Waals surface area contributed by atoms with E-state index in [1.54, 1.807) is 0 Å². The lowest BCUT2D eigenvalue weighted by molar-refractivity contribution is -0.144. The average Bonchev–Trinajstić information content (AvgIpc) is 2.29. The Kier molecular flexibility index (Phi) is 3.82. The minimum absolute atomic E-state index is 0.0387. The van der Waals surface area contributed by atoms with Gasteiger partial charge in [-0.3, -0.25) is 9.69 Å². The smallest absolute Gasteiger partial charge is 0.307 e. The van der Waals surface area contributed by atoms with Crippen LogP contribution in [0.15, 0.2) is 0 Å². The third kappa shape index (κ3) is 2.74. The molecule has 0 amide bonds. The third-order valence-electron chi connectivity index (χ3n) is 3.95. The molecule has 2 aliphatic rings. The fourth-order valence-corrected chi connectivity index (χ4v) is 3.10. The fraction of sp³-hybridized carbons (Fsp3) is 0.917. The molecule has 0 aromatic carbocycles. The Morgan fingerprint density at radius 2 is 1.88 bits per heavy atom. The molecule has 0 aromatic rings. The van der Waals surface area contributed by atoms with Crippen molar-refractivity contribution < 1.29 is 9.90 Å². The molecule has 1 heterocycles. The molecule has 3 N–H and O–H groups in total. The number of rotatable bonds is 2. The maximum absolute atomic E-state index is 11.0. The van der Waals surface area contributed by atoms with Crippen molar-refractivity contribution in [2.24, 2.45) is 11.7 Å². The van der Waals surface area contributed by atoms with Gasteiger partial charge >= 0.3 is 5.97 Å². The molecule has 1 aliphatic carbocycles. The van der Waals surface area contributed by atoms with E-state index in [2.05, 4.69) is 4.90 Å². The highest BCUT2D eigenvalue weighted by Gasteiger charge is 2.33. The number of nitrogens with zero attached hydrogens (tertiary/aromatic N) is 1. The number of piperidine rings is 1. The lowest BCUT2D eigenvalue weighted by Crippen LogP contribution is -2.53. The highest BCUT2D eigenvalue weighted by Crippen LogP contribution is 2.26. The normalized spacial score (nSPS) is 33.8. The van der Waals surface area contributed by atoms with Gasteiger partial charge in [-0.1, -0.05) is 19.3 Å². The predicted octanol–water partition coefficient (Wildman–Crippen LogP) is 1.05. The summed E-state index contributed by atoms with van der Waals surface area (Å²) in [7, 11) is 0. The maximum Gasteiger partial charge on any atom is 0.307 e. The molecule has 2 rings (SSSR count). The molecule has 2 unspecified atom stereocenters. The van der Waals surface area contributed by atoms with Crippen molar-refractivity contribution in [1.29, 1.82) is 0 Å². The van der Waals surface area contributed by atoms with Gasteiger partial charge in [0.15, 0.2) is 0 Å². The quantitative estimate of drug-likeness (QED) is 0.738. The zero-order valence-corrected chi connectivity index (χ0v) is 9.77.